The summed E-state index contributed by atoms with van der Waals surface area (Å²) in [6.07, 6.45) is 2.60. The van der Waals surface area contributed by atoms with E-state index < -0.39 is 0 Å². The SMILES string of the molecule is CN(C)C(=O)C(N)CCCCN.Cl. The van der Waals surface area contributed by atoms with Crippen LogP contribution in [0.25, 0.3) is 0 Å². The molecule has 0 bridgehead atoms. The molecule has 0 spiro atoms. The minimum Gasteiger partial charge on any atom is -0.347 e. The molecule has 0 heterocycles. The average Bonchev–Trinajstić information content (AvgIpc) is 2.03. The molecular weight excluding hydrogens is 190 g/mol. The molecule has 0 fully saturated rings. The third-order valence-electron chi connectivity index (χ3n) is 1.73. The van der Waals surface area contributed by atoms with E-state index in [1.165, 1.54) is 4.90 Å². The molecule has 0 saturated carbocycles. The number of carbonyl (C=O) groups is 1. The molecule has 0 rings (SSSR count). The van der Waals surface area contributed by atoms with Crippen LogP contribution in [-0.4, -0.2) is 37.5 Å². The fourth-order valence-electron chi connectivity index (χ4n) is 0.964. The summed E-state index contributed by atoms with van der Waals surface area (Å²) in [4.78, 5) is 12.7. The minimum atomic E-state index is -0.355. The van der Waals surface area contributed by atoms with Crippen molar-refractivity contribution in [3.8, 4) is 0 Å². The van der Waals surface area contributed by atoms with Crippen molar-refractivity contribution in [2.45, 2.75) is 25.3 Å². The van der Waals surface area contributed by atoms with Gasteiger partial charge in [-0.2, -0.15) is 0 Å². The second kappa shape index (κ2) is 8.29. The second-order valence-electron chi connectivity index (χ2n) is 3.12. The van der Waals surface area contributed by atoms with Crippen molar-refractivity contribution in [1.29, 1.82) is 0 Å². The zero-order valence-electron chi connectivity index (χ0n) is 8.32. The number of likely N-dealkylation sites (N-methyl/N-ethyl adjacent to an activating group) is 1. The summed E-state index contributed by atoms with van der Waals surface area (Å²) < 4.78 is 0. The van der Waals surface area contributed by atoms with Gasteiger partial charge in [0.1, 0.15) is 0 Å². The maximum atomic E-state index is 11.2. The highest BCUT2D eigenvalue weighted by atomic mass is 35.5. The lowest BCUT2D eigenvalue weighted by Crippen LogP contribution is -2.39. The molecule has 0 aliphatic carbocycles. The maximum absolute atomic E-state index is 11.2. The molecule has 80 valence electrons. The van der Waals surface area contributed by atoms with Gasteiger partial charge in [-0.3, -0.25) is 4.79 Å². The van der Waals surface area contributed by atoms with E-state index in [4.69, 9.17) is 11.5 Å². The fraction of sp³-hybridized carbons (Fsp3) is 0.875. The van der Waals surface area contributed by atoms with Crippen LogP contribution < -0.4 is 11.5 Å². The molecule has 1 unspecified atom stereocenters. The Morgan fingerprint density at radius 1 is 1.38 bits per heavy atom. The Morgan fingerprint density at radius 3 is 2.31 bits per heavy atom. The maximum Gasteiger partial charge on any atom is 0.238 e. The van der Waals surface area contributed by atoms with Crippen LogP contribution in [0.4, 0.5) is 0 Å². The van der Waals surface area contributed by atoms with Gasteiger partial charge in [-0.15, -0.1) is 12.4 Å². The molecule has 1 amide bonds. The largest absolute Gasteiger partial charge is 0.347 e. The Kier molecular flexibility index (Phi) is 9.67. The zero-order valence-corrected chi connectivity index (χ0v) is 9.14. The van der Waals surface area contributed by atoms with Crippen molar-refractivity contribution in [3.63, 3.8) is 0 Å². The van der Waals surface area contributed by atoms with Crippen LogP contribution in [0.3, 0.4) is 0 Å². The molecule has 5 heteroatoms. The van der Waals surface area contributed by atoms with Crippen molar-refractivity contribution in [2.75, 3.05) is 20.6 Å². The van der Waals surface area contributed by atoms with E-state index in [1.807, 2.05) is 0 Å². The Hall–Kier alpha value is -0.320. The molecular formula is C8H20ClN3O. The van der Waals surface area contributed by atoms with Crippen LogP contribution in [0, 0.1) is 0 Å². The van der Waals surface area contributed by atoms with Crippen molar-refractivity contribution >= 4 is 18.3 Å². The predicted octanol–water partition coefficient (Wildman–Crippen LogP) is -0.0473. The van der Waals surface area contributed by atoms with Gasteiger partial charge in [0.2, 0.25) is 5.91 Å². The molecule has 0 aromatic heterocycles. The van der Waals surface area contributed by atoms with E-state index in [9.17, 15) is 4.79 Å². The fourth-order valence-corrected chi connectivity index (χ4v) is 0.964. The summed E-state index contributed by atoms with van der Waals surface area (Å²) in [7, 11) is 3.43. The molecule has 4 N–H and O–H groups in total. The Bertz CT molecular complexity index is 141. The standard InChI is InChI=1S/C8H19N3O.ClH/c1-11(2)8(12)7(10)5-3-4-6-9;/h7H,3-6,9-10H2,1-2H3;1H. The van der Waals surface area contributed by atoms with Crippen molar-refractivity contribution in [2.24, 2.45) is 11.5 Å². The summed E-state index contributed by atoms with van der Waals surface area (Å²) in [6.45, 7) is 0.670. The molecule has 1 atom stereocenters. The van der Waals surface area contributed by atoms with Crippen LogP contribution in [0.1, 0.15) is 19.3 Å². The molecule has 0 aromatic rings. The zero-order chi connectivity index (χ0) is 9.56. The van der Waals surface area contributed by atoms with Crippen molar-refractivity contribution in [1.82, 2.24) is 4.90 Å². The summed E-state index contributed by atoms with van der Waals surface area (Å²) in [5, 5.41) is 0. The Labute approximate surface area is 86.0 Å². The number of halogens is 1. The smallest absolute Gasteiger partial charge is 0.238 e. The van der Waals surface area contributed by atoms with E-state index in [0.29, 0.717) is 6.54 Å². The van der Waals surface area contributed by atoms with Crippen molar-refractivity contribution in [3.05, 3.63) is 0 Å². The lowest BCUT2D eigenvalue weighted by molar-refractivity contribution is -0.130. The van der Waals surface area contributed by atoms with Crippen LogP contribution in [0.15, 0.2) is 0 Å². The van der Waals surface area contributed by atoms with E-state index in [0.717, 1.165) is 19.3 Å². The molecule has 4 nitrogen and oxygen atoms in total. The monoisotopic (exact) mass is 209 g/mol. The van der Waals surface area contributed by atoms with Gasteiger partial charge < -0.3 is 16.4 Å². The van der Waals surface area contributed by atoms with Gasteiger partial charge in [0.15, 0.2) is 0 Å². The normalized spacial score (nSPS) is 11.7. The Balaban J connectivity index is 0. The number of hydrogen-bond acceptors (Lipinski definition) is 3. The number of amides is 1. The number of nitrogens with two attached hydrogens (primary N) is 2. The van der Waals surface area contributed by atoms with Gasteiger partial charge >= 0.3 is 0 Å². The first-order valence-corrected chi connectivity index (χ1v) is 4.26. The molecule has 0 aromatic carbocycles. The van der Waals surface area contributed by atoms with Gasteiger partial charge in [0, 0.05) is 14.1 Å². The summed E-state index contributed by atoms with van der Waals surface area (Å²) >= 11 is 0. The van der Waals surface area contributed by atoms with E-state index in [2.05, 4.69) is 0 Å². The highest BCUT2D eigenvalue weighted by Crippen LogP contribution is 1.99. The average molecular weight is 210 g/mol. The molecule has 0 saturated heterocycles. The quantitative estimate of drug-likeness (QED) is 0.624. The van der Waals surface area contributed by atoms with Crippen LogP contribution >= 0.6 is 12.4 Å². The number of rotatable bonds is 5. The highest BCUT2D eigenvalue weighted by molar-refractivity contribution is 5.85. The van der Waals surface area contributed by atoms with E-state index >= 15 is 0 Å². The third-order valence-corrected chi connectivity index (χ3v) is 1.73. The predicted molar refractivity (Wildman–Crippen MR) is 56.8 cm³/mol. The van der Waals surface area contributed by atoms with Crippen molar-refractivity contribution < 1.29 is 4.79 Å². The van der Waals surface area contributed by atoms with Crippen LogP contribution in [0.5, 0.6) is 0 Å². The second-order valence-corrected chi connectivity index (χ2v) is 3.12. The first kappa shape index (κ1) is 15.2. The third kappa shape index (κ3) is 6.81. The van der Waals surface area contributed by atoms with Gasteiger partial charge in [-0.1, -0.05) is 6.42 Å². The van der Waals surface area contributed by atoms with Crippen LogP contribution in [-0.2, 0) is 4.79 Å². The Morgan fingerprint density at radius 2 is 1.92 bits per heavy atom. The first-order chi connectivity index (χ1) is 5.59. The number of nitrogens with zero attached hydrogens (tertiary/aromatic N) is 1. The molecule has 0 radical (unpaired) electrons. The van der Waals surface area contributed by atoms with Gasteiger partial charge in [-0.05, 0) is 19.4 Å². The number of hydrogen-bond donors (Lipinski definition) is 2. The molecule has 13 heavy (non-hydrogen) atoms. The van der Waals surface area contributed by atoms with Gasteiger partial charge in [0.25, 0.3) is 0 Å². The lowest BCUT2D eigenvalue weighted by Gasteiger charge is -2.16. The topological polar surface area (TPSA) is 72.3 Å². The minimum absolute atomic E-state index is 0. The van der Waals surface area contributed by atoms with Gasteiger partial charge in [0.05, 0.1) is 6.04 Å². The van der Waals surface area contributed by atoms with Gasteiger partial charge in [-0.25, -0.2) is 0 Å². The van der Waals surface area contributed by atoms with E-state index in [-0.39, 0.29) is 24.4 Å². The molecule has 0 aliphatic heterocycles. The summed E-state index contributed by atoms with van der Waals surface area (Å²) in [5.41, 5.74) is 10.9. The summed E-state index contributed by atoms with van der Waals surface area (Å²) in [5.74, 6) is -0.00739. The van der Waals surface area contributed by atoms with E-state index in [1.54, 1.807) is 14.1 Å². The summed E-state index contributed by atoms with van der Waals surface area (Å²) in [6, 6.07) is -0.355. The molecule has 0 aliphatic rings. The number of carbonyl (C=O) groups excluding carboxylic acids is 1. The highest BCUT2D eigenvalue weighted by Gasteiger charge is 2.13. The number of unbranched alkanes of at least 4 members (excludes halogenated alkanes) is 1. The van der Waals surface area contributed by atoms with Crippen LogP contribution in [0.2, 0.25) is 0 Å². The first-order valence-electron chi connectivity index (χ1n) is 4.26. The lowest BCUT2D eigenvalue weighted by atomic mass is 10.1.